The quantitative estimate of drug-likeness (QED) is 0.744. The zero-order valence-corrected chi connectivity index (χ0v) is 7.28. The molecule has 0 aliphatic heterocycles. The standard InChI is InChI=1S/C4H9.HN.Ta/c1-3-4-2;;/h1,3-4H2,2H3;1H;. The molecule has 0 fully saturated rings. The van der Waals surface area contributed by atoms with E-state index in [0.29, 0.717) is 0 Å². The van der Waals surface area contributed by atoms with Gasteiger partial charge in [-0.25, -0.2) is 0 Å². The van der Waals surface area contributed by atoms with E-state index < -0.39 is 19.6 Å². The molecule has 0 unspecified atom stereocenters. The first-order chi connectivity index (χ1) is 2.91. The number of unbranched alkanes of at least 4 members (excludes halogenated alkanes) is 1. The van der Waals surface area contributed by atoms with Crippen molar-refractivity contribution in [1.82, 2.24) is 0 Å². The summed E-state index contributed by atoms with van der Waals surface area (Å²) >= 11 is -0.633. The van der Waals surface area contributed by atoms with Gasteiger partial charge in [-0.05, 0) is 0 Å². The molecule has 1 nitrogen and oxygen atoms in total. The first-order valence-electron chi connectivity index (χ1n) is 2.25. The Morgan fingerprint density at radius 3 is 2.50 bits per heavy atom. The fraction of sp³-hybridized carbons (Fsp3) is 1.00. The maximum atomic E-state index is 6.89. The van der Waals surface area contributed by atoms with Gasteiger partial charge in [-0.2, -0.15) is 0 Å². The van der Waals surface area contributed by atoms with E-state index in [0.717, 1.165) is 0 Å². The van der Waals surface area contributed by atoms with Gasteiger partial charge < -0.3 is 0 Å². The molecule has 1 N–H and O–H groups in total. The Kier molecular flexibility index (Phi) is 6.04. The molecular weight excluding hydrogens is 243 g/mol. The van der Waals surface area contributed by atoms with Crippen LogP contribution in [-0.2, 0) is 19.6 Å². The van der Waals surface area contributed by atoms with Crippen molar-refractivity contribution >= 4 is 0 Å². The molecule has 0 saturated carbocycles. The Hall–Kier alpha value is 0.540. The van der Waals surface area contributed by atoms with Crippen molar-refractivity contribution in [3.63, 3.8) is 0 Å². The Labute approximate surface area is 48.1 Å². The third-order valence-electron chi connectivity index (χ3n) is 0.623. The van der Waals surface area contributed by atoms with E-state index in [1.807, 2.05) is 0 Å². The summed E-state index contributed by atoms with van der Waals surface area (Å²) in [5, 5.41) is 0. The van der Waals surface area contributed by atoms with Gasteiger partial charge in [0.1, 0.15) is 0 Å². The number of hydrogen-bond acceptors (Lipinski definition) is 1. The van der Waals surface area contributed by atoms with E-state index in [9.17, 15) is 0 Å². The van der Waals surface area contributed by atoms with Crippen LogP contribution in [0.1, 0.15) is 19.8 Å². The van der Waals surface area contributed by atoms with Crippen molar-refractivity contribution in [3.8, 4) is 0 Å². The van der Waals surface area contributed by atoms with Gasteiger partial charge in [0, 0.05) is 0 Å². The summed E-state index contributed by atoms with van der Waals surface area (Å²) in [6, 6.07) is 0. The van der Waals surface area contributed by atoms with Crippen LogP contribution < -0.4 is 0 Å². The predicted octanol–water partition coefficient (Wildman–Crippen LogP) is 2.05. The summed E-state index contributed by atoms with van der Waals surface area (Å²) in [6.45, 7) is 2.18. The van der Waals surface area contributed by atoms with Gasteiger partial charge in [-0.3, -0.25) is 0 Å². The van der Waals surface area contributed by atoms with Crippen LogP contribution in [0.3, 0.4) is 0 Å². The van der Waals surface area contributed by atoms with Crippen LogP contribution in [0.25, 0.3) is 0 Å². The van der Waals surface area contributed by atoms with Gasteiger partial charge in [0.25, 0.3) is 0 Å². The molecule has 2 heteroatoms. The van der Waals surface area contributed by atoms with E-state index in [1.54, 1.807) is 0 Å². The maximum absolute atomic E-state index is 6.89. The van der Waals surface area contributed by atoms with Crippen molar-refractivity contribution in [2.24, 2.45) is 0 Å². The van der Waals surface area contributed by atoms with Gasteiger partial charge in [0.2, 0.25) is 0 Å². The average Bonchev–Trinajstić information content (AvgIpc) is 1.61. The molecule has 0 spiro atoms. The molecule has 0 heterocycles. The monoisotopic (exact) mass is 253 g/mol. The predicted molar refractivity (Wildman–Crippen MR) is 22.4 cm³/mol. The molecule has 0 amide bonds. The van der Waals surface area contributed by atoms with E-state index >= 15 is 0 Å². The van der Waals surface area contributed by atoms with E-state index in [-0.39, 0.29) is 0 Å². The van der Waals surface area contributed by atoms with Crippen molar-refractivity contribution in [1.29, 1.82) is 3.76 Å². The molecule has 0 bridgehead atoms. The SMILES string of the molecule is CCC[CH2][Ta]=[NH]. The van der Waals surface area contributed by atoms with Crippen molar-refractivity contribution in [3.05, 3.63) is 0 Å². The van der Waals surface area contributed by atoms with Crippen LogP contribution in [0.5, 0.6) is 0 Å². The third-order valence-corrected chi connectivity index (χ3v) is 2.56. The first-order valence-corrected chi connectivity index (χ1v) is 6.13. The Bertz CT molecular complexity index is 36.5. The molecule has 0 aromatic carbocycles. The van der Waals surface area contributed by atoms with Gasteiger partial charge in [-0.1, -0.05) is 0 Å². The molecule has 0 radical (unpaired) electrons. The average molecular weight is 253 g/mol. The van der Waals surface area contributed by atoms with Crippen LogP contribution in [0.4, 0.5) is 0 Å². The van der Waals surface area contributed by atoms with Gasteiger partial charge in [0.15, 0.2) is 0 Å². The fourth-order valence-electron chi connectivity index (χ4n) is 0.237. The van der Waals surface area contributed by atoms with Gasteiger partial charge >= 0.3 is 47.7 Å². The summed E-state index contributed by atoms with van der Waals surface area (Å²) < 4.78 is 8.15. The normalized spacial score (nSPS) is 8.17. The Balaban J connectivity index is 2.49. The number of rotatable bonds is 3. The summed E-state index contributed by atoms with van der Waals surface area (Å²) in [6.07, 6.45) is 2.59. The van der Waals surface area contributed by atoms with Crippen molar-refractivity contribution < 1.29 is 19.6 Å². The first kappa shape index (κ1) is 6.54. The zero-order valence-electron chi connectivity index (χ0n) is 4.07. The van der Waals surface area contributed by atoms with Gasteiger partial charge in [-0.15, -0.1) is 0 Å². The molecule has 0 aromatic rings. The third kappa shape index (κ3) is 4.54. The summed E-state index contributed by atoms with van der Waals surface area (Å²) in [5.41, 5.74) is 0. The number of hydrogen-bond donors (Lipinski definition) is 1. The van der Waals surface area contributed by atoms with E-state index in [2.05, 4.69) is 6.92 Å². The van der Waals surface area contributed by atoms with E-state index in [1.165, 1.54) is 17.5 Å². The van der Waals surface area contributed by atoms with Crippen LogP contribution in [-0.4, -0.2) is 0 Å². The summed E-state index contributed by atoms with van der Waals surface area (Å²) in [5.74, 6) is 0. The van der Waals surface area contributed by atoms with Crippen LogP contribution in [0.2, 0.25) is 4.64 Å². The molecule has 0 aromatic heterocycles. The molecule has 0 saturated heterocycles. The summed E-state index contributed by atoms with van der Waals surface area (Å²) in [7, 11) is 0. The number of nitrogens with one attached hydrogen (secondary N) is 1. The minimum absolute atomic E-state index is 0.633. The van der Waals surface area contributed by atoms with Crippen molar-refractivity contribution in [2.45, 2.75) is 24.4 Å². The fourth-order valence-corrected chi connectivity index (χ4v) is 1.94. The molecule has 0 atom stereocenters. The zero-order chi connectivity index (χ0) is 4.83. The molecule has 0 aliphatic carbocycles. The molecule has 0 rings (SSSR count). The molecular formula is C4H10NTa. The van der Waals surface area contributed by atoms with Gasteiger partial charge in [0.05, 0.1) is 0 Å². The second-order valence-corrected chi connectivity index (χ2v) is 3.98. The van der Waals surface area contributed by atoms with Crippen LogP contribution in [0, 0.1) is 3.76 Å². The Morgan fingerprint density at radius 2 is 2.33 bits per heavy atom. The second-order valence-electron chi connectivity index (χ2n) is 1.24. The van der Waals surface area contributed by atoms with Crippen molar-refractivity contribution in [2.75, 3.05) is 0 Å². The second kappa shape index (κ2) is 5.54. The van der Waals surface area contributed by atoms with Crippen LogP contribution >= 0.6 is 0 Å². The van der Waals surface area contributed by atoms with E-state index in [4.69, 9.17) is 3.76 Å². The molecule has 6 heavy (non-hydrogen) atoms. The Morgan fingerprint density at radius 1 is 1.67 bits per heavy atom. The molecule has 36 valence electrons. The minimum atomic E-state index is -0.633. The molecule has 0 aliphatic rings. The topological polar surface area (TPSA) is 23.9 Å². The summed E-state index contributed by atoms with van der Waals surface area (Å²) in [4.78, 5) is 0. The van der Waals surface area contributed by atoms with Crippen LogP contribution in [0.15, 0.2) is 0 Å².